The molecule has 1 aliphatic carbocycles. The highest BCUT2D eigenvalue weighted by atomic mass is 35.5. The Kier molecular flexibility index (Phi) is 8.71. The fourth-order valence-corrected chi connectivity index (χ4v) is 9.15. The third-order valence-electron chi connectivity index (χ3n) is 6.24. The molecule has 4 rings (SSSR count). The van der Waals surface area contributed by atoms with Crippen molar-refractivity contribution in [3.05, 3.63) is 32.5 Å². The maximum absolute atomic E-state index is 13.5. The molecule has 196 valence electrons. The lowest BCUT2D eigenvalue weighted by molar-refractivity contribution is -0.120. The zero-order valence-electron chi connectivity index (χ0n) is 19.8. The van der Waals surface area contributed by atoms with Gasteiger partial charge in [0.2, 0.25) is 5.91 Å². The number of hydrogen-bond donors (Lipinski definition) is 2. The van der Waals surface area contributed by atoms with Crippen molar-refractivity contribution >= 4 is 67.2 Å². The second-order valence-electron chi connectivity index (χ2n) is 8.62. The molecule has 2 aromatic heterocycles. The van der Waals surface area contributed by atoms with Gasteiger partial charge in [-0.25, -0.2) is 13.2 Å². The summed E-state index contributed by atoms with van der Waals surface area (Å²) in [5.74, 6) is -1.13. The van der Waals surface area contributed by atoms with Crippen LogP contribution in [0, 0.1) is 0 Å². The van der Waals surface area contributed by atoms with Crippen LogP contribution < -0.4 is 10.6 Å². The summed E-state index contributed by atoms with van der Waals surface area (Å²) >= 11 is 8.23. The van der Waals surface area contributed by atoms with Gasteiger partial charge in [-0.05, 0) is 63.1 Å². The Labute approximate surface area is 223 Å². The number of carbonyl (C=O) groups excluding carboxylic acids is 3. The number of hydrogen-bond acceptors (Lipinski definition) is 8. The van der Waals surface area contributed by atoms with Crippen LogP contribution in [0.2, 0.25) is 4.34 Å². The number of imide groups is 1. The minimum atomic E-state index is -3.91. The van der Waals surface area contributed by atoms with E-state index >= 15 is 0 Å². The van der Waals surface area contributed by atoms with Crippen LogP contribution in [0.3, 0.4) is 0 Å². The van der Waals surface area contributed by atoms with E-state index in [0.29, 0.717) is 35.0 Å². The van der Waals surface area contributed by atoms with Gasteiger partial charge in [0.25, 0.3) is 15.9 Å². The van der Waals surface area contributed by atoms with Crippen LogP contribution in [0.5, 0.6) is 0 Å². The van der Waals surface area contributed by atoms with Gasteiger partial charge >= 0.3 is 6.09 Å². The molecule has 9 nitrogen and oxygen atoms in total. The highest BCUT2D eigenvalue weighted by molar-refractivity contribution is 7.91. The summed E-state index contributed by atoms with van der Waals surface area (Å²) in [5, 5.41) is 5.41. The van der Waals surface area contributed by atoms with Crippen molar-refractivity contribution in [3.8, 4) is 0 Å². The van der Waals surface area contributed by atoms with Gasteiger partial charge in [-0.15, -0.1) is 22.7 Å². The fraction of sp³-hybridized carbons (Fsp3) is 0.522. The molecular weight excluding hydrogens is 546 g/mol. The molecule has 13 heteroatoms. The van der Waals surface area contributed by atoms with E-state index in [1.54, 1.807) is 6.92 Å². The maximum atomic E-state index is 13.5. The van der Waals surface area contributed by atoms with E-state index in [0.717, 1.165) is 47.5 Å². The predicted molar refractivity (Wildman–Crippen MR) is 140 cm³/mol. The van der Waals surface area contributed by atoms with Crippen LogP contribution in [0.25, 0.3) is 0 Å². The van der Waals surface area contributed by atoms with Crippen molar-refractivity contribution in [1.29, 1.82) is 0 Å². The minimum Gasteiger partial charge on any atom is -0.450 e. The molecule has 0 saturated carbocycles. The van der Waals surface area contributed by atoms with Gasteiger partial charge in [-0.3, -0.25) is 14.9 Å². The van der Waals surface area contributed by atoms with Gasteiger partial charge in [0, 0.05) is 11.4 Å². The van der Waals surface area contributed by atoms with Crippen LogP contribution in [0.15, 0.2) is 16.3 Å². The zero-order valence-corrected chi connectivity index (χ0v) is 23.0. The average Bonchev–Trinajstić information content (AvgIpc) is 3.35. The summed E-state index contributed by atoms with van der Waals surface area (Å²) in [7, 11) is -3.91. The lowest BCUT2D eigenvalue weighted by Gasteiger charge is -2.33. The first kappa shape index (κ1) is 27.1. The number of nitrogens with zero attached hydrogens (tertiary/aromatic N) is 1. The summed E-state index contributed by atoms with van der Waals surface area (Å²) in [6.45, 7) is 1.97. The third kappa shape index (κ3) is 5.77. The summed E-state index contributed by atoms with van der Waals surface area (Å²) in [6.07, 6.45) is 5.19. The summed E-state index contributed by atoms with van der Waals surface area (Å²) in [4.78, 5) is 39.5. The van der Waals surface area contributed by atoms with Crippen molar-refractivity contribution in [2.24, 2.45) is 0 Å². The second-order valence-corrected chi connectivity index (χ2v) is 13.6. The number of aryl methyl sites for hydroxylation is 1. The van der Waals surface area contributed by atoms with E-state index in [1.165, 1.54) is 27.8 Å². The molecule has 0 spiro atoms. The van der Waals surface area contributed by atoms with Gasteiger partial charge in [-0.1, -0.05) is 24.4 Å². The van der Waals surface area contributed by atoms with E-state index in [4.69, 9.17) is 16.3 Å². The van der Waals surface area contributed by atoms with Gasteiger partial charge in [0.1, 0.15) is 15.3 Å². The number of nitrogens with one attached hydrogen (secondary N) is 2. The van der Waals surface area contributed by atoms with E-state index in [-0.39, 0.29) is 22.9 Å². The van der Waals surface area contributed by atoms with Crippen LogP contribution in [-0.2, 0) is 32.4 Å². The smallest absolute Gasteiger partial charge is 0.414 e. The molecule has 3 amide bonds. The van der Waals surface area contributed by atoms with Crippen LogP contribution in [-0.4, -0.2) is 49.8 Å². The Hall–Kier alpha value is -1.99. The Bertz CT molecular complexity index is 1260. The maximum Gasteiger partial charge on any atom is 0.414 e. The van der Waals surface area contributed by atoms with Crippen molar-refractivity contribution in [2.45, 2.75) is 68.5 Å². The number of alkyl carbamates (subject to hydrolysis) is 1. The quantitative estimate of drug-likeness (QED) is 0.479. The van der Waals surface area contributed by atoms with Crippen molar-refractivity contribution in [2.75, 3.05) is 18.5 Å². The monoisotopic (exact) mass is 573 g/mol. The fourth-order valence-electron chi connectivity index (χ4n) is 4.60. The highest BCUT2D eigenvalue weighted by Gasteiger charge is 2.39. The highest BCUT2D eigenvalue weighted by Crippen LogP contribution is 2.38. The summed E-state index contributed by atoms with van der Waals surface area (Å²) in [6, 6.07) is 2.04. The number of amides is 3. The molecule has 2 aliphatic rings. The number of rotatable bonds is 6. The summed E-state index contributed by atoms with van der Waals surface area (Å²) in [5.41, 5.74) is 1.09. The molecule has 2 N–H and O–H groups in total. The largest absolute Gasteiger partial charge is 0.450 e. The topological polar surface area (TPSA) is 122 Å². The third-order valence-corrected chi connectivity index (χ3v) is 11.1. The number of piperidine rings is 1. The predicted octanol–water partition coefficient (Wildman–Crippen LogP) is 4.80. The molecule has 1 saturated heterocycles. The zero-order chi connectivity index (χ0) is 25.9. The SMILES string of the molecule is CCOC(=O)NC(=O)c1c(NC(=O)C2CCCCN2S(=O)(=O)c2ccc(Cl)s2)sc2c1CCCCC2. The Balaban J connectivity index is 1.63. The molecule has 1 atom stereocenters. The number of carbonyl (C=O) groups is 3. The van der Waals surface area contributed by atoms with Gasteiger partial charge in [0.05, 0.1) is 16.5 Å². The van der Waals surface area contributed by atoms with Crippen molar-refractivity contribution in [1.82, 2.24) is 9.62 Å². The Morgan fingerprint density at radius 3 is 2.61 bits per heavy atom. The van der Waals surface area contributed by atoms with Crippen LogP contribution in [0.1, 0.15) is 66.2 Å². The molecule has 0 aromatic carbocycles. The summed E-state index contributed by atoms with van der Waals surface area (Å²) < 4.78 is 33.1. The minimum absolute atomic E-state index is 0.0875. The Morgan fingerprint density at radius 2 is 1.89 bits per heavy atom. The molecule has 1 aliphatic heterocycles. The Morgan fingerprint density at radius 1 is 1.11 bits per heavy atom. The molecule has 0 bridgehead atoms. The number of sulfonamides is 1. The van der Waals surface area contributed by atoms with Crippen LogP contribution >= 0.6 is 34.3 Å². The molecular formula is C23H28ClN3O6S3. The number of ether oxygens (including phenoxy) is 1. The van der Waals surface area contributed by atoms with Gasteiger partial charge in [0.15, 0.2) is 0 Å². The molecule has 3 heterocycles. The molecule has 2 aromatic rings. The molecule has 36 heavy (non-hydrogen) atoms. The van der Waals surface area contributed by atoms with E-state index in [9.17, 15) is 22.8 Å². The number of fused-ring (bicyclic) bond motifs is 1. The normalized spacial score (nSPS) is 18.7. The van der Waals surface area contributed by atoms with E-state index < -0.39 is 34.0 Å². The van der Waals surface area contributed by atoms with E-state index in [2.05, 4.69) is 10.6 Å². The average molecular weight is 574 g/mol. The number of halogens is 1. The van der Waals surface area contributed by atoms with Crippen molar-refractivity contribution < 1.29 is 27.5 Å². The van der Waals surface area contributed by atoms with Crippen molar-refractivity contribution in [3.63, 3.8) is 0 Å². The first-order valence-electron chi connectivity index (χ1n) is 11.9. The second kappa shape index (κ2) is 11.6. The molecule has 1 unspecified atom stereocenters. The van der Waals surface area contributed by atoms with E-state index in [1.807, 2.05) is 0 Å². The standard InChI is InChI=1S/C23H28ClN3O6S3/c1-2-33-23(30)26-21(29)19-14-8-4-3-5-10-16(14)34-22(19)25-20(28)15-9-6-7-13-27(15)36(31,32)18-12-11-17(24)35-18/h11-12,15H,2-10,13H2,1H3,(H,25,28)(H,26,29,30). The first-order valence-corrected chi connectivity index (χ1v) is 15.4. The van der Waals surface area contributed by atoms with Gasteiger partial charge < -0.3 is 10.1 Å². The lowest BCUT2D eigenvalue weighted by Crippen LogP contribution is -2.49. The van der Waals surface area contributed by atoms with Crippen LogP contribution in [0.4, 0.5) is 9.80 Å². The molecule has 0 radical (unpaired) electrons. The number of anilines is 1. The number of thiophene rings is 2. The lowest BCUT2D eigenvalue weighted by atomic mass is 10.0. The first-order chi connectivity index (χ1) is 17.2. The van der Waals surface area contributed by atoms with Gasteiger partial charge in [-0.2, -0.15) is 4.31 Å². The molecule has 1 fully saturated rings.